The largest absolute Gasteiger partial charge is 0.332 e. The van der Waals surface area contributed by atoms with Crippen LogP contribution in [0.2, 0.25) is 10.0 Å². The van der Waals surface area contributed by atoms with Crippen LogP contribution < -0.4 is 10.2 Å². The van der Waals surface area contributed by atoms with Crippen LogP contribution in [0.25, 0.3) is 0 Å². The van der Waals surface area contributed by atoms with Crippen LogP contribution in [0.3, 0.4) is 0 Å². The van der Waals surface area contributed by atoms with Gasteiger partial charge in [0.15, 0.2) is 0 Å². The number of nitrogens with one attached hydrogen (secondary N) is 1. The van der Waals surface area contributed by atoms with Gasteiger partial charge in [-0.1, -0.05) is 35.3 Å². The maximum absolute atomic E-state index is 13.6. The summed E-state index contributed by atoms with van der Waals surface area (Å²) in [6.07, 6.45) is 1.62. The predicted octanol–water partition coefficient (Wildman–Crippen LogP) is 4.37. The normalized spacial score (nSPS) is 20.1. The van der Waals surface area contributed by atoms with E-state index in [9.17, 15) is 14.4 Å². The molecule has 1 N–H and O–H groups in total. The number of rotatable bonds is 4. The SMILES string of the molecule is CC(=O)Nc1c(Cl)cc(N2C(=O)N3CCCC3(Cc3ccc(C#N)cc3)C2=O)cc1Cl. The molecule has 31 heavy (non-hydrogen) atoms. The number of hydrogen-bond donors (Lipinski definition) is 1. The van der Waals surface area contributed by atoms with E-state index in [0.717, 1.165) is 16.9 Å². The fraction of sp³-hybridized carbons (Fsp3) is 0.273. The van der Waals surface area contributed by atoms with Gasteiger partial charge in [-0.2, -0.15) is 5.26 Å². The number of urea groups is 1. The number of fused-ring (bicyclic) bond motifs is 1. The number of amides is 4. The Labute approximate surface area is 189 Å². The molecule has 0 saturated carbocycles. The second-order valence-corrected chi connectivity index (χ2v) is 8.48. The van der Waals surface area contributed by atoms with E-state index in [4.69, 9.17) is 28.5 Å². The van der Waals surface area contributed by atoms with Gasteiger partial charge >= 0.3 is 6.03 Å². The summed E-state index contributed by atoms with van der Waals surface area (Å²) in [5, 5.41) is 11.8. The minimum Gasteiger partial charge on any atom is -0.324 e. The van der Waals surface area contributed by atoms with Gasteiger partial charge in [0, 0.05) is 19.9 Å². The number of nitrogens with zero attached hydrogens (tertiary/aromatic N) is 3. The van der Waals surface area contributed by atoms with Crippen LogP contribution in [0.5, 0.6) is 0 Å². The molecule has 0 bridgehead atoms. The Morgan fingerprint density at radius 2 is 1.84 bits per heavy atom. The lowest BCUT2D eigenvalue weighted by molar-refractivity contribution is -0.124. The molecule has 0 radical (unpaired) electrons. The first kappa shape index (κ1) is 21.2. The molecular formula is C22H18Cl2N4O3. The van der Waals surface area contributed by atoms with Gasteiger partial charge < -0.3 is 10.2 Å². The van der Waals surface area contributed by atoms with E-state index in [1.54, 1.807) is 29.2 Å². The standard InChI is InChI=1S/C22H18Cl2N4O3/c1-13(29)26-19-17(23)9-16(10-18(19)24)28-20(30)22(7-2-8-27(22)21(28)31)11-14-3-5-15(12-25)6-4-14/h3-6,9-10H,2,7-8,11H2,1H3,(H,26,29). The lowest BCUT2D eigenvalue weighted by Crippen LogP contribution is -2.47. The highest BCUT2D eigenvalue weighted by atomic mass is 35.5. The first-order valence-corrected chi connectivity index (χ1v) is 10.4. The van der Waals surface area contributed by atoms with Crippen molar-refractivity contribution in [2.24, 2.45) is 0 Å². The van der Waals surface area contributed by atoms with E-state index in [0.29, 0.717) is 24.9 Å². The van der Waals surface area contributed by atoms with Crippen LogP contribution in [0.1, 0.15) is 30.9 Å². The highest BCUT2D eigenvalue weighted by molar-refractivity contribution is 6.40. The van der Waals surface area contributed by atoms with Gasteiger partial charge in [0.25, 0.3) is 5.91 Å². The number of benzene rings is 2. The van der Waals surface area contributed by atoms with E-state index in [1.807, 2.05) is 0 Å². The molecule has 2 aromatic rings. The van der Waals surface area contributed by atoms with E-state index < -0.39 is 11.6 Å². The van der Waals surface area contributed by atoms with Gasteiger partial charge in [0.05, 0.1) is 33.1 Å². The Morgan fingerprint density at radius 1 is 1.19 bits per heavy atom. The van der Waals surface area contributed by atoms with Crippen molar-refractivity contribution in [1.29, 1.82) is 5.26 Å². The quantitative estimate of drug-likeness (QED) is 0.691. The van der Waals surface area contributed by atoms with Crippen LogP contribution in [0, 0.1) is 11.3 Å². The topological polar surface area (TPSA) is 93.5 Å². The molecule has 4 rings (SSSR count). The second kappa shape index (κ2) is 7.88. The first-order valence-electron chi connectivity index (χ1n) is 9.68. The van der Waals surface area contributed by atoms with Crippen molar-refractivity contribution < 1.29 is 14.4 Å². The summed E-state index contributed by atoms with van der Waals surface area (Å²) in [7, 11) is 0. The smallest absolute Gasteiger partial charge is 0.324 e. The lowest BCUT2D eigenvalue weighted by atomic mass is 9.87. The highest BCUT2D eigenvalue weighted by Crippen LogP contribution is 2.44. The van der Waals surface area contributed by atoms with Crippen LogP contribution in [-0.4, -0.2) is 34.8 Å². The van der Waals surface area contributed by atoms with Crippen LogP contribution >= 0.6 is 23.2 Å². The third-order valence-corrected chi connectivity index (χ3v) is 6.27. The van der Waals surface area contributed by atoms with Crippen molar-refractivity contribution in [3.8, 4) is 6.07 Å². The maximum Gasteiger partial charge on any atom is 0.332 e. The molecule has 0 spiro atoms. The van der Waals surface area contributed by atoms with Gasteiger partial charge in [-0.15, -0.1) is 0 Å². The molecule has 9 heteroatoms. The second-order valence-electron chi connectivity index (χ2n) is 7.66. The van der Waals surface area contributed by atoms with Crippen LogP contribution in [0.15, 0.2) is 36.4 Å². The Morgan fingerprint density at radius 3 is 2.42 bits per heavy atom. The number of halogens is 2. The maximum atomic E-state index is 13.6. The number of anilines is 2. The fourth-order valence-corrected chi connectivity index (χ4v) is 4.87. The molecule has 2 aromatic carbocycles. The number of nitriles is 1. The van der Waals surface area contributed by atoms with E-state index in [2.05, 4.69) is 11.4 Å². The number of imide groups is 1. The van der Waals surface area contributed by atoms with Crippen molar-refractivity contribution >= 4 is 52.4 Å². The minimum absolute atomic E-state index is 0.131. The molecular weight excluding hydrogens is 439 g/mol. The molecule has 2 aliphatic rings. The molecule has 2 aliphatic heterocycles. The van der Waals surface area contributed by atoms with Gasteiger partial charge in [0.1, 0.15) is 5.54 Å². The summed E-state index contributed by atoms with van der Waals surface area (Å²) >= 11 is 12.6. The van der Waals surface area contributed by atoms with Gasteiger partial charge in [-0.3, -0.25) is 9.59 Å². The molecule has 158 valence electrons. The van der Waals surface area contributed by atoms with E-state index in [1.165, 1.54) is 19.1 Å². The number of carbonyl (C=O) groups excluding carboxylic acids is 3. The van der Waals surface area contributed by atoms with Crippen molar-refractivity contribution in [1.82, 2.24) is 4.90 Å². The zero-order valence-electron chi connectivity index (χ0n) is 16.6. The fourth-order valence-electron chi connectivity index (χ4n) is 4.30. The summed E-state index contributed by atoms with van der Waals surface area (Å²) in [6, 6.07) is 11.6. The van der Waals surface area contributed by atoms with Crippen LogP contribution in [-0.2, 0) is 16.0 Å². The molecule has 2 saturated heterocycles. The summed E-state index contributed by atoms with van der Waals surface area (Å²) in [5.41, 5.74) is 0.897. The molecule has 0 aromatic heterocycles. The summed E-state index contributed by atoms with van der Waals surface area (Å²) < 4.78 is 0. The monoisotopic (exact) mass is 456 g/mol. The van der Waals surface area contributed by atoms with Crippen molar-refractivity contribution in [3.63, 3.8) is 0 Å². The molecule has 1 atom stereocenters. The van der Waals surface area contributed by atoms with E-state index in [-0.39, 0.29) is 33.2 Å². The number of carbonyl (C=O) groups is 3. The highest BCUT2D eigenvalue weighted by Gasteiger charge is 2.59. The van der Waals surface area contributed by atoms with Crippen molar-refractivity contribution in [3.05, 3.63) is 57.6 Å². The van der Waals surface area contributed by atoms with Gasteiger partial charge in [-0.25, -0.2) is 9.69 Å². The Balaban J connectivity index is 1.70. The molecule has 1 unspecified atom stereocenters. The van der Waals surface area contributed by atoms with Crippen molar-refractivity contribution in [2.45, 2.75) is 31.7 Å². The molecule has 2 fully saturated rings. The molecule has 4 amide bonds. The number of hydrogen-bond acceptors (Lipinski definition) is 4. The average molecular weight is 457 g/mol. The third-order valence-electron chi connectivity index (χ3n) is 5.68. The lowest BCUT2D eigenvalue weighted by Gasteiger charge is -2.28. The summed E-state index contributed by atoms with van der Waals surface area (Å²) in [4.78, 5) is 40.9. The van der Waals surface area contributed by atoms with Gasteiger partial charge in [0.2, 0.25) is 5.91 Å². The first-order chi connectivity index (χ1) is 14.8. The molecule has 7 nitrogen and oxygen atoms in total. The molecule has 2 heterocycles. The Bertz CT molecular complexity index is 1120. The predicted molar refractivity (Wildman–Crippen MR) is 117 cm³/mol. The minimum atomic E-state index is -0.986. The third kappa shape index (κ3) is 3.52. The van der Waals surface area contributed by atoms with E-state index >= 15 is 0 Å². The summed E-state index contributed by atoms with van der Waals surface area (Å²) in [6.45, 7) is 1.80. The van der Waals surface area contributed by atoms with Crippen molar-refractivity contribution in [2.75, 3.05) is 16.8 Å². The average Bonchev–Trinajstić information content (AvgIpc) is 3.23. The van der Waals surface area contributed by atoms with Gasteiger partial charge in [-0.05, 0) is 42.7 Å². The Hall–Kier alpha value is -3.08. The Kier molecular flexibility index (Phi) is 5.38. The van der Waals surface area contributed by atoms with Crippen LogP contribution in [0.4, 0.5) is 16.2 Å². The zero-order valence-corrected chi connectivity index (χ0v) is 18.1. The zero-order chi connectivity index (χ0) is 22.3. The molecule has 0 aliphatic carbocycles. The summed E-state index contributed by atoms with van der Waals surface area (Å²) in [5.74, 6) is -0.675.